The fourth-order valence-corrected chi connectivity index (χ4v) is 2.42. The molecular weight excluding hydrogens is 435 g/mol. The van der Waals surface area contributed by atoms with Crippen LogP contribution < -0.4 is 24.8 Å². The van der Waals surface area contributed by atoms with Crippen molar-refractivity contribution in [3.8, 4) is 5.75 Å². The van der Waals surface area contributed by atoms with E-state index >= 15 is 0 Å². The van der Waals surface area contributed by atoms with Gasteiger partial charge in [-0.1, -0.05) is 51.5 Å². The van der Waals surface area contributed by atoms with Crippen molar-refractivity contribution in [1.29, 1.82) is 0 Å². The van der Waals surface area contributed by atoms with Gasteiger partial charge in [-0.05, 0) is 35.6 Å². The number of aryl methyl sites for hydroxylation is 1. The first kappa shape index (κ1) is 30.1. The Morgan fingerprint density at radius 1 is 1.00 bits per heavy atom. The van der Waals surface area contributed by atoms with Crippen LogP contribution in [0.4, 0.5) is 0 Å². The molecule has 2 aromatic carbocycles. The summed E-state index contributed by atoms with van der Waals surface area (Å²) in [4.78, 5) is 0. The first-order valence-corrected chi connectivity index (χ1v) is 10.0. The van der Waals surface area contributed by atoms with Gasteiger partial charge in [0.15, 0.2) is 0 Å². The fraction of sp³-hybridized carbons (Fsp3) is 0.320. The molecule has 0 aromatic heterocycles. The van der Waals surface area contributed by atoms with Crippen molar-refractivity contribution in [2.45, 2.75) is 53.4 Å². The smallest absolute Gasteiger partial charge is 0.116 e. The van der Waals surface area contributed by atoms with Gasteiger partial charge in [-0.3, -0.25) is 0 Å². The summed E-state index contributed by atoms with van der Waals surface area (Å²) in [5.41, 5.74) is 4.90. The largest absolute Gasteiger partial charge is 1.00 e. The maximum atomic E-state index is 9.36. The van der Waals surface area contributed by atoms with Crippen LogP contribution in [0.25, 0.3) is 5.57 Å². The van der Waals surface area contributed by atoms with Crippen molar-refractivity contribution in [1.82, 2.24) is 0 Å². The van der Waals surface area contributed by atoms with E-state index in [-0.39, 0.29) is 30.2 Å². The molecular formula is C25H31Cl2OTi-2. The molecule has 1 aliphatic carbocycles. The molecule has 0 amide bonds. The minimum absolute atomic E-state index is 0. The van der Waals surface area contributed by atoms with Crippen molar-refractivity contribution >= 4 is 9.38 Å². The van der Waals surface area contributed by atoms with Crippen LogP contribution in [0.5, 0.6) is 5.75 Å². The molecule has 0 heterocycles. The SMILES string of the molecule is C[C](C)=[Ti+].Cc1cc(O)cc(C(C)(C)C)c1.[C-]1=C(c2ccccc2)C=CC1.[Cl-].[Cl-]. The number of hydrogen-bond acceptors (Lipinski definition) is 1. The second-order valence-electron chi connectivity index (χ2n) is 7.87. The average Bonchev–Trinajstić information content (AvgIpc) is 3.08. The van der Waals surface area contributed by atoms with Crippen LogP contribution in [0.3, 0.4) is 0 Å². The number of allylic oxidation sites excluding steroid dienone is 4. The average molecular weight is 466 g/mol. The summed E-state index contributed by atoms with van der Waals surface area (Å²) in [6, 6.07) is 16.1. The molecule has 0 radical (unpaired) electrons. The van der Waals surface area contributed by atoms with E-state index in [0.717, 1.165) is 12.0 Å². The van der Waals surface area contributed by atoms with E-state index in [2.05, 4.69) is 103 Å². The number of phenols is 1. The van der Waals surface area contributed by atoms with Crippen LogP contribution in [0, 0.1) is 13.0 Å². The van der Waals surface area contributed by atoms with Crippen LogP contribution in [0.1, 0.15) is 57.7 Å². The Balaban J connectivity index is 0. The third-order valence-electron chi connectivity index (χ3n) is 3.71. The molecule has 1 nitrogen and oxygen atoms in total. The Morgan fingerprint density at radius 2 is 1.55 bits per heavy atom. The molecule has 1 N–H and O–H groups in total. The van der Waals surface area contributed by atoms with Gasteiger partial charge in [-0.15, -0.1) is 23.8 Å². The number of benzene rings is 2. The molecule has 4 heteroatoms. The third kappa shape index (κ3) is 12.9. The monoisotopic (exact) mass is 465 g/mol. The van der Waals surface area contributed by atoms with Gasteiger partial charge in [-0.2, -0.15) is 17.7 Å². The Kier molecular flexibility index (Phi) is 15.4. The Hall–Kier alpha value is -1.12. The van der Waals surface area contributed by atoms with Crippen molar-refractivity contribution in [2.75, 3.05) is 0 Å². The van der Waals surface area contributed by atoms with E-state index in [1.165, 1.54) is 20.5 Å². The van der Waals surface area contributed by atoms with E-state index in [1.807, 2.05) is 19.1 Å². The second kappa shape index (κ2) is 14.8. The number of rotatable bonds is 1. The molecule has 0 aliphatic heterocycles. The van der Waals surface area contributed by atoms with Gasteiger partial charge in [0, 0.05) is 0 Å². The Labute approximate surface area is 201 Å². The fourth-order valence-electron chi connectivity index (χ4n) is 2.42. The van der Waals surface area contributed by atoms with Gasteiger partial charge in [0.25, 0.3) is 0 Å². The summed E-state index contributed by atoms with van der Waals surface area (Å²) >= 11 is 2.08. The normalized spacial score (nSPS) is 11.5. The van der Waals surface area contributed by atoms with Gasteiger partial charge < -0.3 is 29.9 Å². The first-order chi connectivity index (χ1) is 12.6. The zero-order chi connectivity index (χ0) is 20.4. The van der Waals surface area contributed by atoms with Crippen LogP contribution in [0.2, 0.25) is 0 Å². The summed E-state index contributed by atoms with van der Waals surface area (Å²) in [6.07, 6.45) is 8.49. The Bertz CT molecular complexity index is 779. The van der Waals surface area contributed by atoms with Crippen LogP contribution in [0.15, 0.2) is 60.7 Å². The minimum Gasteiger partial charge on any atom is -1.00 e. The van der Waals surface area contributed by atoms with E-state index in [1.54, 1.807) is 6.07 Å². The van der Waals surface area contributed by atoms with E-state index in [4.69, 9.17) is 0 Å². The summed E-state index contributed by atoms with van der Waals surface area (Å²) < 4.78 is 1.42. The van der Waals surface area contributed by atoms with E-state index in [9.17, 15) is 5.11 Å². The van der Waals surface area contributed by atoms with Gasteiger partial charge in [-0.25, -0.2) is 0 Å². The summed E-state index contributed by atoms with van der Waals surface area (Å²) in [5.74, 6) is 0.361. The standard InChI is InChI=1S/C11H16O.C11H9.C3H6.2ClH.Ti/c1-8-5-9(11(2,3)4)7-10(12)6-8;1-2-6-10(7-3-1)11-8-4-5-9-11;1-3-2;;;/h5-7,12H,1-4H3;1-4,6-8H,5H2;1-2H3;2*1H;/q;-1;;;;+1/p-2. The predicted molar refractivity (Wildman–Crippen MR) is 115 cm³/mol. The van der Waals surface area contributed by atoms with E-state index in [0.29, 0.717) is 5.75 Å². The van der Waals surface area contributed by atoms with Crippen molar-refractivity contribution in [3.05, 3.63) is 83.4 Å². The van der Waals surface area contributed by atoms with Crippen LogP contribution >= 0.6 is 0 Å². The summed E-state index contributed by atoms with van der Waals surface area (Å²) in [6.45, 7) is 12.6. The van der Waals surface area contributed by atoms with Crippen LogP contribution in [-0.4, -0.2) is 8.92 Å². The zero-order valence-corrected chi connectivity index (χ0v) is 21.3. The predicted octanol–water partition coefficient (Wildman–Crippen LogP) is 0.585. The number of halogens is 2. The number of aromatic hydroxyl groups is 1. The Morgan fingerprint density at radius 3 is 1.97 bits per heavy atom. The summed E-state index contributed by atoms with van der Waals surface area (Å²) in [5, 5.41) is 9.36. The molecule has 3 rings (SSSR count). The first-order valence-electron chi connectivity index (χ1n) is 9.25. The van der Waals surface area contributed by atoms with Gasteiger partial charge in [0.05, 0.1) is 0 Å². The van der Waals surface area contributed by atoms with E-state index < -0.39 is 0 Å². The maximum Gasteiger partial charge on any atom is 0.116 e. The molecule has 29 heavy (non-hydrogen) atoms. The third-order valence-corrected chi connectivity index (χ3v) is 3.71. The quantitative estimate of drug-likeness (QED) is 0.482. The molecule has 0 unspecified atom stereocenters. The van der Waals surface area contributed by atoms with Gasteiger partial charge >= 0.3 is 37.6 Å². The molecule has 0 fully saturated rings. The summed E-state index contributed by atoms with van der Waals surface area (Å²) in [7, 11) is 0. The van der Waals surface area contributed by atoms with Crippen molar-refractivity contribution in [2.24, 2.45) is 0 Å². The minimum atomic E-state index is 0. The maximum absolute atomic E-state index is 9.36. The number of hydrogen-bond donors (Lipinski definition) is 1. The van der Waals surface area contributed by atoms with Crippen molar-refractivity contribution in [3.63, 3.8) is 0 Å². The van der Waals surface area contributed by atoms with Crippen molar-refractivity contribution < 1.29 is 49.9 Å². The second-order valence-corrected chi connectivity index (χ2v) is 9.43. The molecule has 1 aliphatic rings. The molecule has 0 saturated carbocycles. The molecule has 0 saturated heterocycles. The van der Waals surface area contributed by atoms with Gasteiger partial charge in [0.1, 0.15) is 5.75 Å². The number of phenolic OH excluding ortho intramolecular Hbond substituents is 1. The molecule has 157 valence electrons. The topological polar surface area (TPSA) is 20.2 Å². The molecule has 0 atom stereocenters. The molecule has 0 spiro atoms. The van der Waals surface area contributed by atoms with Gasteiger partial charge in [0.2, 0.25) is 0 Å². The van der Waals surface area contributed by atoms with Crippen LogP contribution in [-0.2, 0) is 25.4 Å². The molecule has 2 aromatic rings. The zero-order valence-electron chi connectivity index (χ0n) is 18.2. The molecule has 0 bridgehead atoms.